The van der Waals surface area contributed by atoms with Gasteiger partial charge < -0.3 is 63.0 Å². The number of nitrogens with zero attached hydrogens (tertiary/aromatic N) is 1. The van der Waals surface area contributed by atoms with Crippen LogP contribution in [0.25, 0.3) is 0 Å². The van der Waals surface area contributed by atoms with Gasteiger partial charge in [0.15, 0.2) is 6.10 Å². The molecule has 3 rings (SSSR count). The molecule has 0 aliphatic carbocycles. The van der Waals surface area contributed by atoms with Crippen LogP contribution in [0.2, 0.25) is 0 Å². The zero-order chi connectivity index (χ0) is 53.4. The number of carboxylic acid groups (broad SMARTS) is 3. The molecule has 9 atom stereocenters. The Morgan fingerprint density at radius 3 is 1.70 bits per heavy atom. The van der Waals surface area contributed by atoms with Gasteiger partial charge in [0.05, 0.1) is 18.0 Å². The van der Waals surface area contributed by atoms with Crippen LogP contribution in [-0.4, -0.2) is 151 Å². The molecule has 0 spiro atoms. The third kappa shape index (κ3) is 21.5. The number of amides is 7. The van der Waals surface area contributed by atoms with E-state index in [-0.39, 0.29) is 49.7 Å². The number of aliphatic carboxylic acids is 3. The van der Waals surface area contributed by atoms with Gasteiger partial charge in [-0.15, -0.1) is 11.8 Å². The van der Waals surface area contributed by atoms with Gasteiger partial charge in [0.1, 0.15) is 36.3 Å². The van der Waals surface area contributed by atoms with Crippen molar-refractivity contribution >= 4 is 71.0 Å². The molecule has 0 aromatic heterocycles. The minimum Gasteiger partial charge on any atom is -0.481 e. The van der Waals surface area contributed by atoms with E-state index < -0.39 is 132 Å². The van der Waals surface area contributed by atoms with Gasteiger partial charge in [0.2, 0.25) is 35.4 Å². The van der Waals surface area contributed by atoms with Crippen LogP contribution in [0.5, 0.6) is 0 Å². The summed E-state index contributed by atoms with van der Waals surface area (Å²) in [6, 6.07) is 10.2. The molecule has 2 aromatic carbocycles. The third-order valence-corrected chi connectivity index (χ3v) is 12.1. The summed E-state index contributed by atoms with van der Waals surface area (Å²) < 4.78 is 0. The zero-order valence-electron chi connectivity index (χ0n) is 40.9. The van der Waals surface area contributed by atoms with Crippen molar-refractivity contribution in [1.29, 1.82) is 0 Å². The van der Waals surface area contributed by atoms with Crippen molar-refractivity contribution in [2.45, 2.75) is 141 Å². The summed E-state index contributed by atoms with van der Waals surface area (Å²) in [7, 11) is 0. The molecule has 0 saturated carbocycles. The number of thioether (sulfide) groups is 1. The van der Waals surface area contributed by atoms with Crippen molar-refractivity contribution in [3.05, 3.63) is 72.3 Å². The topological polar surface area (TPSA) is 353 Å². The van der Waals surface area contributed by atoms with Crippen LogP contribution in [-0.2, 0) is 54.4 Å². The van der Waals surface area contributed by atoms with E-state index in [4.69, 9.17) is 10.8 Å². The Morgan fingerprint density at radius 1 is 0.662 bits per heavy atom. The van der Waals surface area contributed by atoms with E-state index in [1.165, 1.54) is 18.7 Å². The molecule has 23 heteroatoms. The minimum atomic E-state index is -1.87. The highest BCUT2D eigenvalue weighted by molar-refractivity contribution is 7.99. The van der Waals surface area contributed by atoms with Gasteiger partial charge in [-0.05, 0) is 50.0 Å². The summed E-state index contributed by atoms with van der Waals surface area (Å²) in [6.07, 6.45) is -3.32. The summed E-state index contributed by atoms with van der Waals surface area (Å²) in [6.45, 7) is 9.76. The highest BCUT2D eigenvalue weighted by Crippen LogP contribution is 2.23. The summed E-state index contributed by atoms with van der Waals surface area (Å²) in [5, 5.41) is 54.2. The van der Waals surface area contributed by atoms with Crippen molar-refractivity contribution in [2.24, 2.45) is 17.6 Å². The quantitative estimate of drug-likeness (QED) is 0.0576. The zero-order valence-corrected chi connectivity index (χ0v) is 41.7. The van der Waals surface area contributed by atoms with E-state index in [0.29, 0.717) is 5.56 Å². The first-order chi connectivity index (χ1) is 33.5. The van der Waals surface area contributed by atoms with Crippen LogP contribution in [0.4, 0.5) is 0 Å². The van der Waals surface area contributed by atoms with Crippen LogP contribution >= 0.6 is 11.8 Å². The molecule has 1 saturated heterocycles. The lowest BCUT2D eigenvalue weighted by Gasteiger charge is -2.31. The number of nitrogens with two attached hydrogens (primary N) is 1. The fraction of sp³-hybridized carbons (Fsp3) is 0.542. The van der Waals surface area contributed by atoms with Crippen LogP contribution in [0, 0.1) is 11.8 Å². The molecule has 12 N–H and O–H groups in total. The van der Waals surface area contributed by atoms with E-state index in [1.54, 1.807) is 65.0 Å². The number of carbonyl (C=O) groups is 10. The fourth-order valence-electron chi connectivity index (χ4n) is 6.99. The maximum atomic E-state index is 13.8. The van der Waals surface area contributed by atoms with Gasteiger partial charge in [-0.1, -0.05) is 101 Å². The minimum absolute atomic E-state index is 0.0328. The Bertz CT molecular complexity index is 2070. The average Bonchev–Trinajstić information content (AvgIpc) is 3.83. The SMILES string of the molecule is CC[C@H](NC(=O)[C@H](CC(C)C)NC(=O)[C@@H](NC(=O)[C@@H](N)CCC(=O)O)C(C)C)[C@@H](O)C(=O)N1CSC[C@H]1C(=O)N[C@@H](C)C(=O)N[C@@H](CCC(=O)O)C(=O)N[C@@H](Cc1ccccc1)C(=O)O.c1ccccc1. The second-order valence-corrected chi connectivity index (χ2v) is 18.7. The van der Waals surface area contributed by atoms with Crippen molar-refractivity contribution < 1.29 is 68.4 Å². The summed E-state index contributed by atoms with van der Waals surface area (Å²) in [4.78, 5) is 129. The van der Waals surface area contributed by atoms with E-state index in [2.05, 4.69) is 31.9 Å². The van der Waals surface area contributed by atoms with E-state index in [0.717, 1.165) is 4.90 Å². The standard InChI is InChI=1S/C42H64N8O14S.C6H6/c1-7-26(45-38(59)28(17-21(2)3)47-40(61)33(22(4)5)49-36(57)25(43)13-15-31(51)52)34(55)41(62)50-20-65-19-30(50)39(60)44-23(6)35(56)46-27(14-16-32(53)54)37(58)48-29(42(63)64)18-24-11-9-8-10-12-24;1-2-4-6-5-3-1/h8-12,21-23,25-30,33-34,55H,7,13-20,43H2,1-6H3,(H,44,60)(H,45,59)(H,46,56)(H,47,61)(H,48,58)(H,49,57)(H,51,52)(H,53,54)(H,63,64);1-6H/t23-,25-,26-,27-,28-,29-,30-,33-,34+;/m0./s1. The second kappa shape index (κ2) is 30.9. The number of aliphatic hydroxyl groups is 1. The number of hydrogen-bond acceptors (Lipinski definition) is 13. The molecular weight excluding hydrogens is 945 g/mol. The highest BCUT2D eigenvalue weighted by atomic mass is 32.2. The molecule has 1 aliphatic heterocycles. The van der Waals surface area contributed by atoms with E-state index in [9.17, 15) is 63.3 Å². The summed E-state index contributed by atoms with van der Waals surface area (Å²) >= 11 is 1.18. The molecule has 2 aromatic rings. The summed E-state index contributed by atoms with van der Waals surface area (Å²) in [5.41, 5.74) is 6.42. The van der Waals surface area contributed by atoms with Crippen molar-refractivity contribution in [2.75, 3.05) is 11.6 Å². The Labute approximate surface area is 417 Å². The van der Waals surface area contributed by atoms with E-state index >= 15 is 0 Å². The third-order valence-electron chi connectivity index (χ3n) is 11.1. The molecule has 0 unspecified atom stereocenters. The van der Waals surface area contributed by atoms with Gasteiger partial charge in [0.25, 0.3) is 5.91 Å². The molecule has 7 amide bonds. The molecule has 1 aliphatic rings. The molecule has 71 heavy (non-hydrogen) atoms. The number of aliphatic hydroxyl groups excluding tert-OH is 1. The maximum absolute atomic E-state index is 13.8. The first-order valence-corrected chi connectivity index (χ1v) is 24.5. The van der Waals surface area contributed by atoms with Gasteiger partial charge in [-0.2, -0.15) is 0 Å². The molecule has 0 radical (unpaired) electrons. The number of hydrogen-bond donors (Lipinski definition) is 11. The molecule has 392 valence electrons. The Kier molecular flexibility index (Phi) is 26.3. The normalized spacial score (nSPS) is 16.5. The van der Waals surface area contributed by atoms with Crippen LogP contribution in [0.15, 0.2) is 66.7 Å². The Morgan fingerprint density at radius 2 is 1.18 bits per heavy atom. The van der Waals surface area contributed by atoms with Crippen molar-refractivity contribution in [3.63, 3.8) is 0 Å². The van der Waals surface area contributed by atoms with Crippen LogP contribution in [0.1, 0.15) is 85.6 Å². The highest BCUT2D eigenvalue weighted by Gasteiger charge is 2.41. The predicted molar refractivity (Wildman–Crippen MR) is 262 cm³/mol. The number of nitrogens with one attached hydrogen (secondary N) is 6. The largest absolute Gasteiger partial charge is 0.481 e. The van der Waals surface area contributed by atoms with Crippen molar-refractivity contribution in [3.8, 4) is 0 Å². The number of carbonyl (C=O) groups excluding carboxylic acids is 7. The fourth-order valence-corrected chi connectivity index (χ4v) is 8.16. The lowest BCUT2D eigenvalue weighted by Crippen LogP contribution is -2.60. The summed E-state index contributed by atoms with van der Waals surface area (Å²) in [5.74, 6) is -10.2. The van der Waals surface area contributed by atoms with Gasteiger partial charge in [-0.25, -0.2) is 4.79 Å². The Balaban J connectivity index is 0.00000266. The maximum Gasteiger partial charge on any atom is 0.326 e. The van der Waals surface area contributed by atoms with E-state index in [1.807, 2.05) is 36.4 Å². The van der Waals surface area contributed by atoms with Gasteiger partial charge >= 0.3 is 17.9 Å². The molecule has 1 fully saturated rings. The molecule has 0 bridgehead atoms. The van der Waals surface area contributed by atoms with Gasteiger partial charge in [-0.3, -0.25) is 43.2 Å². The Hall–Kier alpha value is -6.59. The van der Waals surface area contributed by atoms with Crippen LogP contribution < -0.4 is 37.6 Å². The molecular formula is C48H70N8O14S. The number of carboxylic acids is 3. The monoisotopic (exact) mass is 1010 g/mol. The van der Waals surface area contributed by atoms with Crippen molar-refractivity contribution in [1.82, 2.24) is 36.8 Å². The lowest BCUT2D eigenvalue weighted by atomic mass is 9.98. The number of rotatable bonds is 27. The first-order valence-electron chi connectivity index (χ1n) is 23.3. The molecule has 1 heterocycles. The van der Waals surface area contributed by atoms with Gasteiger partial charge in [0, 0.05) is 25.0 Å². The van der Waals surface area contributed by atoms with Crippen LogP contribution in [0.3, 0.4) is 0 Å². The second-order valence-electron chi connectivity index (χ2n) is 17.7. The lowest BCUT2D eigenvalue weighted by molar-refractivity contribution is -0.147. The average molecular weight is 1020 g/mol. The first kappa shape index (κ1) is 60.5. The predicted octanol–water partition coefficient (Wildman–Crippen LogP) is 0.360. The molecule has 22 nitrogen and oxygen atoms in total. The number of benzene rings is 2. The smallest absolute Gasteiger partial charge is 0.326 e.